The summed E-state index contributed by atoms with van der Waals surface area (Å²) in [4.78, 5) is 13.5. The second kappa shape index (κ2) is 5.92. The van der Waals surface area contributed by atoms with Crippen molar-refractivity contribution >= 4 is 23.2 Å². The fraction of sp³-hybridized carbons (Fsp3) is 0.462. The molecule has 0 aromatic heterocycles. The van der Waals surface area contributed by atoms with Gasteiger partial charge in [-0.25, -0.2) is 0 Å². The van der Waals surface area contributed by atoms with Crippen LogP contribution in [-0.4, -0.2) is 30.4 Å². The van der Waals surface area contributed by atoms with Gasteiger partial charge in [-0.15, -0.1) is 0 Å². The summed E-state index contributed by atoms with van der Waals surface area (Å²) in [5, 5.41) is 3.78. The average Bonchev–Trinajstić information content (AvgIpc) is 2.29. The van der Waals surface area contributed by atoms with Gasteiger partial charge < -0.3 is 10.2 Å². The highest BCUT2D eigenvalue weighted by molar-refractivity contribution is 6.31. The van der Waals surface area contributed by atoms with Crippen LogP contribution in [-0.2, 0) is 4.79 Å². The van der Waals surface area contributed by atoms with Crippen LogP contribution in [0.2, 0.25) is 5.02 Å². The summed E-state index contributed by atoms with van der Waals surface area (Å²) in [6.45, 7) is 6.21. The smallest absolute Gasteiger partial charge is 0.241 e. The van der Waals surface area contributed by atoms with E-state index in [0.29, 0.717) is 5.02 Å². The minimum Gasteiger partial charge on any atom is -0.376 e. The molecule has 17 heavy (non-hydrogen) atoms. The number of rotatable bonds is 4. The standard InChI is InChI=1S/C13H19ClN2O/c1-9(2)16(4)13(17)8-15-11-6-5-10(3)12(14)7-11/h5-7,9,15H,8H2,1-4H3. The summed E-state index contributed by atoms with van der Waals surface area (Å²) in [6.07, 6.45) is 0. The Hall–Kier alpha value is -1.22. The van der Waals surface area contributed by atoms with Crippen molar-refractivity contribution in [2.24, 2.45) is 0 Å². The van der Waals surface area contributed by atoms with Crippen molar-refractivity contribution in [3.05, 3.63) is 28.8 Å². The topological polar surface area (TPSA) is 32.3 Å². The van der Waals surface area contributed by atoms with Gasteiger partial charge in [0.05, 0.1) is 6.54 Å². The van der Waals surface area contributed by atoms with Crippen molar-refractivity contribution < 1.29 is 4.79 Å². The lowest BCUT2D eigenvalue weighted by Gasteiger charge is -2.21. The third kappa shape index (κ3) is 3.93. The molecule has 0 fully saturated rings. The predicted molar refractivity (Wildman–Crippen MR) is 72.6 cm³/mol. The van der Waals surface area contributed by atoms with E-state index in [0.717, 1.165) is 11.3 Å². The Morgan fingerprint density at radius 1 is 1.47 bits per heavy atom. The molecule has 1 aromatic rings. The zero-order valence-corrected chi connectivity index (χ0v) is 11.5. The predicted octanol–water partition coefficient (Wildman–Crippen LogP) is 2.93. The van der Waals surface area contributed by atoms with E-state index in [2.05, 4.69) is 5.32 Å². The van der Waals surface area contributed by atoms with Gasteiger partial charge in [-0.3, -0.25) is 4.79 Å². The van der Waals surface area contributed by atoms with Crippen molar-refractivity contribution in [1.82, 2.24) is 4.90 Å². The Morgan fingerprint density at radius 2 is 2.12 bits per heavy atom. The maximum absolute atomic E-state index is 11.7. The lowest BCUT2D eigenvalue weighted by Crippen LogP contribution is -2.37. The first-order valence-electron chi connectivity index (χ1n) is 5.67. The highest BCUT2D eigenvalue weighted by Crippen LogP contribution is 2.19. The van der Waals surface area contributed by atoms with Crippen LogP contribution < -0.4 is 5.32 Å². The Kier molecular flexibility index (Phi) is 4.82. The van der Waals surface area contributed by atoms with Crippen molar-refractivity contribution in [1.29, 1.82) is 0 Å². The number of carbonyl (C=O) groups excluding carboxylic acids is 1. The molecule has 1 aromatic carbocycles. The third-order valence-corrected chi connectivity index (χ3v) is 3.19. The van der Waals surface area contributed by atoms with E-state index in [1.165, 1.54) is 0 Å². The number of hydrogen-bond donors (Lipinski definition) is 1. The molecule has 0 radical (unpaired) electrons. The monoisotopic (exact) mass is 254 g/mol. The van der Waals surface area contributed by atoms with Crippen molar-refractivity contribution in [3.8, 4) is 0 Å². The molecule has 0 spiro atoms. The van der Waals surface area contributed by atoms with Crippen LogP contribution in [0.3, 0.4) is 0 Å². The van der Waals surface area contributed by atoms with Gasteiger partial charge in [-0.05, 0) is 38.5 Å². The number of nitrogens with one attached hydrogen (secondary N) is 1. The van der Waals surface area contributed by atoms with Crippen LogP contribution in [0, 0.1) is 6.92 Å². The minimum atomic E-state index is 0.0664. The van der Waals surface area contributed by atoms with Crippen LogP contribution >= 0.6 is 11.6 Å². The van der Waals surface area contributed by atoms with Crippen LogP contribution in [0.15, 0.2) is 18.2 Å². The highest BCUT2D eigenvalue weighted by atomic mass is 35.5. The van der Waals surface area contributed by atoms with Gasteiger partial charge in [0.15, 0.2) is 0 Å². The van der Waals surface area contributed by atoms with E-state index in [-0.39, 0.29) is 18.5 Å². The third-order valence-electron chi connectivity index (χ3n) is 2.78. The fourth-order valence-electron chi connectivity index (χ4n) is 1.29. The summed E-state index contributed by atoms with van der Waals surface area (Å²) < 4.78 is 0. The second-order valence-corrected chi connectivity index (χ2v) is 4.82. The SMILES string of the molecule is Cc1ccc(NCC(=O)N(C)C(C)C)cc1Cl. The molecular formula is C13H19ClN2O. The number of nitrogens with zero attached hydrogens (tertiary/aromatic N) is 1. The Balaban J connectivity index is 2.56. The zero-order chi connectivity index (χ0) is 13.0. The lowest BCUT2D eigenvalue weighted by molar-refractivity contribution is -0.129. The van der Waals surface area contributed by atoms with E-state index in [1.54, 1.807) is 11.9 Å². The summed E-state index contributed by atoms with van der Waals surface area (Å²) in [6, 6.07) is 5.90. The molecule has 1 rings (SSSR count). The number of benzene rings is 1. The number of likely N-dealkylation sites (N-methyl/N-ethyl adjacent to an activating group) is 1. The van der Waals surface area contributed by atoms with Crippen molar-refractivity contribution in [2.45, 2.75) is 26.8 Å². The number of anilines is 1. The van der Waals surface area contributed by atoms with Crippen molar-refractivity contribution in [2.75, 3.05) is 18.9 Å². The maximum atomic E-state index is 11.7. The molecule has 0 aliphatic rings. The van der Waals surface area contributed by atoms with E-state index in [4.69, 9.17) is 11.6 Å². The zero-order valence-electron chi connectivity index (χ0n) is 10.7. The molecule has 0 bridgehead atoms. The van der Waals surface area contributed by atoms with Crippen LogP contribution in [0.4, 0.5) is 5.69 Å². The van der Waals surface area contributed by atoms with E-state index < -0.39 is 0 Å². The summed E-state index contributed by atoms with van der Waals surface area (Å²) in [5.74, 6) is 0.0664. The molecule has 0 saturated heterocycles. The fourth-order valence-corrected chi connectivity index (χ4v) is 1.47. The van der Waals surface area contributed by atoms with Gasteiger partial charge in [0.2, 0.25) is 5.91 Å². The molecular weight excluding hydrogens is 236 g/mol. The number of hydrogen-bond acceptors (Lipinski definition) is 2. The van der Waals surface area contributed by atoms with Gasteiger partial charge in [-0.2, -0.15) is 0 Å². The number of carbonyl (C=O) groups is 1. The first-order chi connectivity index (χ1) is 7.91. The normalized spacial score (nSPS) is 10.5. The van der Waals surface area contributed by atoms with E-state index in [9.17, 15) is 4.79 Å². The van der Waals surface area contributed by atoms with Crippen LogP contribution in [0.1, 0.15) is 19.4 Å². The Bertz CT molecular complexity index is 404. The van der Waals surface area contributed by atoms with Crippen LogP contribution in [0.5, 0.6) is 0 Å². The number of halogens is 1. The molecule has 0 unspecified atom stereocenters. The van der Waals surface area contributed by atoms with Gasteiger partial charge in [0.25, 0.3) is 0 Å². The molecule has 0 aliphatic heterocycles. The van der Waals surface area contributed by atoms with E-state index >= 15 is 0 Å². The quantitative estimate of drug-likeness (QED) is 0.896. The molecule has 0 aliphatic carbocycles. The molecule has 0 atom stereocenters. The Labute approximate surface area is 108 Å². The average molecular weight is 255 g/mol. The number of aryl methyl sites for hydroxylation is 1. The largest absolute Gasteiger partial charge is 0.376 e. The summed E-state index contributed by atoms with van der Waals surface area (Å²) in [5.41, 5.74) is 1.90. The highest BCUT2D eigenvalue weighted by Gasteiger charge is 2.11. The molecule has 0 heterocycles. The first-order valence-corrected chi connectivity index (χ1v) is 6.05. The number of amides is 1. The van der Waals surface area contributed by atoms with Crippen molar-refractivity contribution in [3.63, 3.8) is 0 Å². The minimum absolute atomic E-state index is 0.0664. The van der Waals surface area contributed by atoms with E-state index in [1.807, 2.05) is 39.0 Å². The van der Waals surface area contributed by atoms with Gasteiger partial charge in [0.1, 0.15) is 0 Å². The second-order valence-electron chi connectivity index (χ2n) is 4.42. The molecule has 1 N–H and O–H groups in total. The summed E-state index contributed by atoms with van der Waals surface area (Å²) in [7, 11) is 1.80. The summed E-state index contributed by atoms with van der Waals surface area (Å²) >= 11 is 6.01. The molecule has 1 amide bonds. The van der Waals surface area contributed by atoms with Gasteiger partial charge >= 0.3 is 0 Å². The molecule has 94 valence electrons. The maximum Gasteiger partial charge on any atom is 0.241 e. The molecule has 4 heteroatoms. The lowest BCUT2D eigenvalue weighted by atomic mass is 10.2. The molecule has 3 nitrogen and oxygen atoms in total. The first kappa shape index (κ1) is 13.8. The molecule has 0 saturated carbocycles. The Morgan fingerprint density at radius 3 is 2.65 bits per heavy atom. The van der Waals surface area contributed by atoms with Gasteiger partial charge in [-0.1, -0.05) is 17.7 Å². The van der Waals surface area contributed by atoms with Crippen LogP contribution in [0.25, 0.3) is 0 Å². The van der Waals surface area contributed by atoms with Gasteiger partial charge in [0, 0.05) is 23.8 Å².